The number of hydrogen-bond acceptors (Lipinski definition) is 2. The highest BCUT2D eigenvalue weighted by atomic mass is 16.3. The predicted molar refractivity (Wildman–Crippen MR) is 228 cm³/mol. The Labute approximate surface area is 314 Å². The number of fused-ring (bicyclic) bond motifs is 4. The van der Waals surface area contributed by atoms with E-state index in [0.29, 0.717) is 0 Å². The topological polar surface area (TPSA) is 16.4 Å². The average molecular weight is 690 g/mol. The number of benzene rings is 9. The molecule has 0 aliphatic heterocycles. The molecule has 54 heavy (non-hydrogen) atoms. The normalized spacial score (nSPS) is 11.3. The van der Waals surface area contributed by atoms with Crippen LogP contribution in [0.5, 0.6) is 0 Å². The molecule has 0 spiro atoms. The van der Waals surface area contributed by atoms with Gasteiger partial charge in [0.25, 0.3) is 0 Å². The summed E-state index contributed by atoms with van der Waals surface area (Å²) in [4.78, 5) is 2.36. The van der Waals surface area contributed by atoms with Crippen LogP contribution in [0.4, 0.5) is 17.1 Å². The highest BCUT2D eigenvalue weighted by molar-refractivity contribution is 6.18. The predicted octanol–water partition coefficient (Wildman–Crippen LogP) is 14.9. The Balaban J connectivity index is 1.16. The first kappa shape index (κ1) is 31.6. The molecule has 0 fully saturated rings. The Bertz CT molecular complexity index is 2820. The minimum absolute atomic E-state index is 0.887. The fraction of sp³-hybridized carbons (Fsp3) is 0. The van der Waals surface area contributed by atoms with Crippen molar-refractivity contribution in [1.29, 1.82) is 0 Å². The van der Waals surface area contributed by atoms with Crippen LogP contribution < -0.4 is 4.90 Å². The number of rotatable bonds is 7. The molecule has 0 aliphatic carbocycles. The molecule has 0 unspecified atom stereocenters. The van der Waals surface area contributed by atoms with Crippen molar-refractivity contribution in [3.05, 3.63) is 212 Å². The lowest BCUT2D eigenvalue weighted by atomic mass is 9.88. The molecule has 2 nitrogen and oxygen atoms in total. The van der Waals surface area contributed by atoms with E-state index in [9.17, 15) is 0 Å². The van der Waals surface area contributed by atoms with Gasteiger partial charge in [-0.3, -0.25) is 0 Å². The van der Waals surface area contributed by atoms with Crippen molar-refractivity contribution in [2.24, 2.45) is 0 Å². The molecular weight excluding hydrogens is 655 g/mol. The van der Waals surface area contributed by atoms with Gasteiger partial charge in [-0.25, -0.2) is 0 Å². The third kappa shape index (κ3) is 5.62. The number of furan rings is 1. The molecule has 1 heterocycles. The first-order valence-electron chi connectivity index (χ1n) is 18.4. The lowest BCUT2D eigenvalue weighted by Gasteiger charge is -2.27. The minimum Gasteiger partial charge on any atom is -0.456 e. The Morgan fingerprint density at radius 2 is 0.852 bits per heavy atom. The van der Waals surface area contributed by atoms with Crippen LogP contribution in [0.25, 0.3) is 77.2 Å². The van der Waals surface area contributed by atoms with E-state index < -0.39 is 0 Å². The second-order valence-corrected chi connectivity index (χ2v) is 13.7. The van der Waals surface area contributed by atoms with Crippen molar-refractivity contribution in [2.45, 2.75) is 0 Å². The zero-order valence-electron chi connectivity index (χ0n) is 29.6. The monoisotopic (exact) mass is 689 g/mol. The van der Waals surface area contributed by atoms with Gasteiger partial charge in [0, 0.05) is 33.4 Å². The molecule has 0 N–H and O–H groups in total. The van der Waals surface area contributed by atoms with Gasteiger partial charge in [0.15, 0.2) is 0 Å². The average Bonchev–Trinajstić information content (AvgIpc) is 3.63. The van der Waals surface area contributed by atoms with Crippen LogP contribution in [0, 0.1) is 0 Å². The quantitative estimate of drug-likeness (QED) is 0.166. The molecule has 2 heteroatoms. The van der Waals surface area contributed by atoms with Crippen LogP contribution in [0.15, 0.2) is 217 Å². The first-order chi connectivity index (χ1) is 26.8. The number of nitrogens with zero attached hydrogens (tertiary/aromatic N) is 1. The Hall–Kier alpha value is -7.16. The van der Waals surface area contributed by atoms with Crippen molar-refractivity contribution in [2.75, 3.05) is 4.90 Å². The van der Waals surface area contributed by atoms with Crippen molar-refractivity contribution in [3.8, 4) is 44.5 Å². The number of anilines is 3. The molecule has 254 valence electrons. The van der Waals surface area contributed by atoms with Gasteiger partial charge in [-0.2, -0.15) is 0 Å². The number of para-hydroxylation sites is 1. The lowest BCUT2D eigenvalue weighted by molar-refractivity contribution is 0.669. The van der Waals surface area contributed by atoms with E-state index in [1.165, 1.54) is 44.2 Å². The van der Waals surface area contributed by atoms with Crippen LogP contribution in [-0.4, -0.2) is 0 Å². The molecule has 0 atom stereocenters. The highest BCUT2D eigenvalue weighted by Gasteiger charge is 2.21. The third-order valence-electron chi connectivity index (χ3n) is 10.5. The molecule has 10 rings (SSSR count). The first-order valence-corrected chi connectivity index (χ1v) is 18.4. The maximum absolute atomic E-state index is 6.47. The summed E-state index contributed by atoms with van der Waals surface area (Å²) in [6.45, 7) is 0. The third-order valence-corrected chi connectivity index (χ3v) is 10.5. The van der Waals surface area contributed by atoms with E-state index in [1.54, 1.807) is 0 Å². The highest BCUT2D eigenvalue weighted by Crippen LogP contribution is 2.46. The molecule has 0 saturated heterocycles. The van der Waals surface area contributed by atoms with Crippen LogP contribution in [-0.2, 0) is 0 Å². The zero-order valence-corrected chi connectivity index (χ0v) is 29.6. The molecule has 10 aromatic rings. The number of hydrogen-bond donors (Lipinski definition) is 0. The van der Waals surface area contributed by atoms with Gasteiger partial charge in [0.1, 0.15) is 11.2 Å². The summed E-state index contributed by atoms with van der Waals surface area (Å²) in [6, 6.07) is 75.9. The fourth-order valence-electron chi connectivity index (χ4n) is 7.91. The van der Waals surface area contributed by atoms with E-state index >= 15 is 0 Å². The summed E-state index contributed by atoms with van der Waals surface area (Å²) in [7, 11) is 0. The maximum Gasteiger partial charge on any atom is 0.136 e. The Morgan fingerprint density at radius 1 is 0.315 bits per heavy atom. The van der Waals surface area contributed by atoms with Gasteiger partial charge in [-0.05, 0) is 98.2 Å². The summed E-state index contributed by atoms with van der Waals surface area (Å²) < 4.78 is 6.47. The van der Waals surface area contributed by atoms with Crippen LogP contribution in [0.3, 0.4) is 0 Å². The Kier molecular flexibility index (Phi) is 7.85. The van der Waals surface area contributed by atoms with Gasteiger partial charge >= 0.3 is 0 Å². The molecule has 0 amide bonds. The molecule has 1 aromatic heterocycles. The van der Waals surface area contributed by atoms with Crippen LogP contribution in [0.1, 0.15) is 0 Å². The van der Waals surface area contributed by atoms with Gasteiger partial charge in [-0.15, -0.1) is 0 Å². The van der Waals surface area contributed by atoms with Crippen LogP contribution >= 0.6 is 0 Å². The minimum atomic E-state index is 0.887. The summed E-state index contributed by atoms with van der Waals surface area (Å²) in [5, 5.41) is 4.68. The molecule has 9 aromatic carbocycles. The standard InChI is InChI=1S/C52H35NO/c1-3-13-36(14-4-1)38-25-29-42(30-26-38)53(43-31-27-39(28-32-43)37-15-5-2-6-16-37)44-20-11-19-41(35-44)46-33-34-50-52(48-22-9-10-24-49(48)54-50)51(46)47-23-12-18-40-17-7-8-21-45(40)47/h1-35H. The molecule has 0 bridgehead atoms. The van der Waals surface area contributed by atoms with Crippen LogP contribution in [0.2, 0.25) is 0 Å². The molecule has 0 saturated carbocycles. The van der Waals surface area contributed by atoms with Gasteiger partial charge in [0.05, 0.1) is 0 Å². The van der Waals surface area contributed by atoms with E-state index in [4.69, 9.17) is 4.42 Å². The van der Waals surface area contributed by atoms with Gasteiger partial charge < -0.3 is 9.32 Å². The summed E-state index contributed by atoms with van der Waals surface area (Å²) >= 11 is 0. The summed E-state index contributed by atoms with van der Waals surface area (Å²) in [6.07, 6.45) is 0. The fourth-order valence-corrected chi connectivity index (χ4v) is 7.91. The van der Waals surface area contributed by atoms with E-state index in [1.807, 2.05) is 6.07 Å². The SMILES string of the molecule is c1ccc(-c2ccc(N(c3ccc(-c4ccccc4)cc3)c3cccc(-c4ccc5oc6ccccc6c5c4-c4cccc5ccccc45)c3)cc2)cc1. The molecular formula is C52H35NO. The van der Waals surface area contributed by atoms with Gasteiger partial charge in [0.2, 0.25) is 0 Å². The largest absolute Gasteiger partial charge is 0.456 e. The van der Waals surface area contributed by atoms with Gasteiger partial charge in [-0.1, -0.05) is 164 Å². The van der Waals surface area contributed by atoms with E-state index in [2.05, 4.69) is 211 Å². The summed E-state index contributed by atoms with van der Waals surface area (Å²) in [5.74, 6) is 0. The second-order valence-electron chi connectivity index (χ2n) is 13.7. The van der Waals surface area contributed by atoms with E-state index in [-0.39, 0.29) is 0 Å². The smallest absolute Gasteiger partial charge is 0.136 e. The lowest BCUT2D eigenvalue weighted by Crippen LogP contribution is -2.10. The molecule has 0 radical (unpaired) electrons. The van der Waals surface area contributed by atoms with Crippen molar-refractivity contribution in [3.63, 3.8) is 0 Å². The second kappa shape index (κ2) is 13.4. The summed E-state index contributed by atoms with van der Waals surface area (Å²) in [5.41, 5.74) is 14.5. The maximum atomic E-state index is 6.47. The van der Waals surface area contributed by atoms with Crippen molar-refractivity contribution >= 4 is 49.8 Å². The zero-order chi connectivity index (χ0) is 35.8. The van der Waals surface area contributed by atoms with Crippen molar-refractivity contribution in [1.82, 2.24) is 0 Å². The molecule has 0 aliphatic rings. The van der Waals surface area contributed by atoms with Crippen molar-refractivity contribution < 1.29 is 4.42 Å². The van der Waals surface area contributed by atoms with E-state index in [0.717, 1.165) is 50.1 Å². The Morgan fingerprint density at radius 3 is 1.54 bits per heavy atom.